The van der Waals surface area contributed by atoms with Gasteiger partial charge in [0.25, 0.3) is 10.0 Å². The van der Waals surface area contributed by atoms with E-state index in [-0.39, 0.29) is 35.5 Å². The van der Waals surface area contributed by atoms with Crippen molar-refractivity contribution in [2.24, 2.45) is 4.40 Å². The van der Waals surface area contributed by atoms with Gasteiger partial charge in [0.05, 0.1) is 11.7 Å². The minimum atomic E-state index is -3.65. The van der Waals surface area contributed by atoms with Crippen molar-refractivity contribution in [1.29, 1.82) is 0 Å². The lowest BCUT2D eigenvalue weighted by Crippen LogP contribution is -2.40. The molecule has 1 aromatic rings. The quantitative estimate of drug-likeness (QED) is 0.574. The SMILES string of the molecule is C[C@H]1C(=O)Nc2ccc(C(=O)COC(=O)C3=CC=CN4CCS(=O)(=O)N=C34)cc21. The number of rotatable bonds is 4. The summed E-state index contributed by atoms with van der Waals surface area (Å²) < 4.78 is 32.3. The van der Waals surface area contributed by atoms with E-state index in [1.165, 1.54) is 6.08 Å². The summed E-state index contributed by atoms with van der Waals surface area (Å²) in [6.07, 6.45) is 4.61. The van der Waals surface area contributed by atoms with Crippen LogP contribution in [0.5, 0.6) is 0 Å². The van der Waals surface area contributed by atoms with E-state index in [1.807, 2.05) is 0 Å². The van der Waals surface area contributed by atoms with Gasteiger partial charge in [-0.1, -0.05) is 0 Å². The molecular formula is C19H17N3O6S. The number of ether oxygens (including phenoxy) is 1. The fraction of sp³-hybridized carbons (Fsp3) is 0.263. The smallest absolute Gasteiger partial charge is 0.342 e. The molecule has 1 atom stereocenters. The zero-order valence-electron chi connectivity index (χ0n) is 15.4. The number of nitrogens with one attached hydrogen (secondary N) is 1. The van der Waals surface area contributed by atoms with E-state index in [1.54, 1.807) is 42.3 Å². The molecule has 3 heterocycles. The molecule has 0 fully saturated rings. The van der Waals surface area contributed by atoms with E-state index in [0.717, 1.165) is 0 Å². The Hall–Kier alpha value is -3.27. The van der Waals surface area contributed by atoms with E-state index in [0.29, 0.717) is 16.8 Å². The molecule has 150 valence electrons. The zero-order chi connectivity index (χ0) is 20.8. The number of carbonyl (C=O) groups excluding carboxylic acids is 3. The molecule has 3 aliphatic heterocycles. The maximum Gasteiger partial charge on any atom is 0.342 e. The number of benzene rings is 1. The molecule has 9 nitrogen and oxygen atoms in total. The van der Waals surface area contributed by atoms with Gasteiger partial charge in [-0.15, -0.1) is 4.40 Å². The second-order valence-corrected chi connectivity index (χ2v) is 8.58. The molecule has 3 aliphatic rings. The van der Waals surface area contributed by atoms with E-state index in [9.17, 15) is 22.8 Å². The summed E-state index contributed by atoms with van der Waals surface area (Å²) in [6, 6.07) is 4.80. The minimum Gasteiger partial charge on any atom is -0.454 e. The monoisotopic (exact) mass is 415 g/mol. The molecule has 0 saturated carbocycles. The number of ketones is 1. The summed E-state index contributed by atoms with van der Waals surface area (Å²) in [5.74, 6) is -1.93. The number of carbonyl (C=O) groups is 3. The van der Waals surface area contributed by atoms with Crippen LogP contribution in [0.3, 0.4) is 0 Å². The van der Waals surface area contributed by atoms with Crippen molar-refractivity contribution in [3.8, 4) is 0 Å². The largest absolute Gasteiger partial charge is 0.454 e. The number of nitrogens with zero attached hydrogens (tertiary/aromatic N) is 2. The van der Waals surface area contributed by atoms with Gasteiger partial charge in [-0.2, -0.15) is 0 Å². The maximum absolute atomic E-state index is 12.5. The van der Waals surface area contributed by atoms with Crippen molar-refractivity contribution in [3.63, 3.8) is 0 Å². The number of hydrogen-bond acceptors (Lipinski definition) is 7. The third kappa shape index (κ3) is 3.58. The molecule has 0 aliphatic carbocycles. The lowest BCUT2D eigenvalue weighted by atomic mass is 9.99. The molecule has 0 unspecified atom stereocenters. The normalized spacial score (nSPS) is 21.5. The van der Waals surface area contributed by atoms with Gasteiger partial charge in [0.15, 0.2) is 18.2 Å². The van der Waals surface area contributed by atoms with Crippen LogP contribution < -0.4 is 5.32 Å². The predicted octanol–water partition coefficient (Wildman–Crippen LogP) is 0.966. The Balaban J connectivity index is 1.47. The highest BCUT2D eigenvalue weighted by Crippen LogP contribution is 2.32. The summed E-state index contributed by atoms with van der Waals surface area (Å²) in [5.41, 5.74) is 1.66. The Morgan fingerprint density at radius 2 is 2.14 bits per heavy atom. The Morgan fingerprint density at radius 1 is 1.34 bits per heavy atom. The Kier molecular flexibility index (Phi) is 4.58. The molecule has 0 radical (unpaired) electrons. The molecule has 1 aromatic carbocycles. The van der Waals surface area contributed by atoms with Crippen molar-refractivity contribution in [2.45, 2.75) is 12.8 Å². The highest BCUT2D eigenvalue weighted by Gasteiger charge is 2.31. The average Bonchev–Trinajstić information content (AvgIpc) is 2.98. The lowest BCUT2D eigenvalue weighted by molar-refractivity contribution is -0.137. The molecule has 10 heteroatoms. The van der Waals surface area contributed by atoms with Gasteiger partial charge >= 0.3 is 5.97 Å². The Labute approximate surface area is 166 Å². The van der Waals surface area contributed by atoms with Gasteiger partial charge < -0.3 is 15.0 Å². The lowest BCUT2D eigenvalue weighted by Gasteiger charge is -2.28. The van der Waals surface area contributed by atoms with Crippen LogP contribution in [-0.4, -0.2) is 55.7 Å². The van der Waals surface area contributed by atoms with Crippen molar-refractivity contribution in [3.05, 3.63) is 53.3 Å². The van der Waals surface area contributed by atoms with Crippen LogP contribution in [0.4, 0.5) is 5.69 Å². The maximum atomic E-state index is 12.5. The molecule has 0 aromatic heterocycles. The van der Waals surface area contributed by atoms with E-state index < -0.39 is 28.4 Å². The summed E-state index contributed by atoms with van der Waals surface area (Å²) in [6.45, 7) is 1.40. The Bertz CT molecular complexity index is 1130. The first-order valence-corrected chi connectivity index (χ1v) is 10.5. The number of esters is 1. The number of amides is 1. The van der Waals surface area contributed by atoms with Crippen LogP contribution in [0, 0.1) is 0 Å². The number of Topliss-reactive ketones (excluding diaryl/α,β-unsaturated/α-hetero) is 1. The number of hydrogen-bond donors (Lipinski definition) is 1. The van der Waals surface area contributed by atoms with Gasteiger partial charge in [-0.25, -0.2) is 13.2 Å². The minimum absolute atomic E-state index is 0.00728. The van der Waals surface area contributed by atoms with Crippen molar-refractivity contribution in [2.75, 3.05) is 24.2 Å². The molecule has 1 N–H and O–H groups in total. The Morgan fingerprint density at radius 3 is 2.93 bits per heavy atom. The third-order valence-corrected chi connectivity index (χ3v) is 6.05. The number of sulfonamides is 1. The first-order valence-electron chi connectivity index (χ1n) is 8.88. The highest BCUT2D eigenvalue weighted by atomic mass is 32.2. The highest BCUT2D eigenvalue weighted by molar-refractivity contribution is 7.90. The van der Waals surface area contributed by atoms with Crippen LogP contribution >= 0.6 is 0 Å². The van der Waals surface area contributed by atoms with Crippen LogP contribution in [0.25, 0.3) is 0 Å². The standard InChI is InChI=1S/C19H17N3O6S/c1-11-14-9-12(4-5-15(14)20-18(11)24)16(23)10-28-19(25)13-3-2-6-22-7-8-29(26,27)21-17(13)22/h2-6,9,11H,7-8,10H2,1H3,(H,20,24)/t11-/m1/s1. The predicted molar refractivity (Wildman–Crippen MR) is 104 cm³/mol. The van der Waals surface area contributed by atoms with Crippen LogP contribution in [0.1, 0.15) is 28.8 Å². The first kappa shape index (κ1) is 19.1. The molecule has 1 amide bonds. The van der Waals surface area contributed by atoms with E-state index in [2.05, 4.69) is 9.71 Å². The fourth-order valence-corrected chi connectivity index (χ4v) is 4.24. The fourth-order valence-electron chi connectivity index (χ4n) is 3.26. The molecule has 0 spiro atoms. The van der Waals surface area contributed by atoms with Crippen LogP contribution in [0.15, 0.2) is 46.5 Å². The van der Waals surface area contributed by atoms with E-state index in [4.69, 9.17) is 4.74 Å². The summed E-state index contributed by atoms with van der Waals surface area (Å²) in [5, 5.41) is 2.72. The molecule has 0 bridgehead atoms. The zero-order valence-corrected chi connectivity index (χ0v) is 16.2. The average molecular weight is 415 g/mol. The second-order valence-electron chi connectivity index (χ2n) is 6.83. The molecule has 4 rings (SSSR count). The number of amidine groups is 1. The summed E-state index contributed by atoms with van der Waals surface area (Å²) in [4.78, 5) is 38.2. The van der Waals surface area contributed by atoms with Gasteiger partial charge in [0.2, 0.25) is 5.91 Å². The van der Waals surface area contributed by atoms with Crippen molar-refractivity contribution >= 4 is 39.2 Å². The topological polar surface area (TPSA) is 122 Å². The first-order chi connectivity index (χ1) is 13.7. The van der Waals surface area contributed by atoms with Crippen LogP contribution in [0.2, 0.25) is 0 Å². The molecule has 0 saturated heterocycles. The van der Waals surface area contributed by atoms with Crippen molar-refractivity contribution < 1.29 is 27.5 Å². The second kappa shape index (κ2) is 6.96. The number of anilines is 1. The number of fused-ring (bicyclic) bond motifs is 2. The van der Waals surface area contributed by atoms with Gasteiger partial charge in [0, 0.05) is 24.0 Å². The molecule has 29 heavy (non-hydrogen) atoms. The third-order valence-electron chi connectivity index (χ3n) is 4.90. The van der Waals surface area contributed by atoms with E-state index >= 15 is 0 Å². The van der Waals surface area contributed by atoms with Crippen molar-refractivity contribution in [1.82, 2.24) is 4.90 Å². The summed E-state index contributed by atoms with van der Waals surface area (Å²) >= 11 is 0. The molecular weight excluding hydrogens is 398 g/mol. The van der Waals surface area contributed by atoms with Gasteiger partial charge in [0.1, 0.15) is 5.57 Å². The number of allylic oxidation sites excluding steroid dienone is 2. The van der Waals surface area contributed by atoms with Gasteiger partial charge in [-0.3, -0.25) is 9.59 Å². The van der Waals surface area contributed by atoms with Gasteiger partial charge in [-0.05, 0) is 42.8 Å². The summed E-state index contributed by atoms with van der Waals surface area (Å²) in [7, 11) is -3.65. The van der Waals surface area contributed by atoms with Crippen LogP contribution in [-0.2, 0) is 24.3 Å².